The van der Waals surface area contributed by atoms with Crippen molar-refractivity contribution in [2.24, 2.45) is 0 Å². The molecule has 38 heavy (non-hydrogen) atoms. The van der Waals surface area contributed by atoms with Gasteiger partial charge in [0.2, 0.25) is 5.78 Å². The molecule has 1 atom stereocenters. The van der Waals surface area contributed by atoms with Gasteiger partial charge in [-0.3, -0.25) is 9.36 Å². The number of sulfone groups is 1. The number of ketones is 1. The van der Waals surface area contributed by atoms with E-state index in [1.165, 1.54) is 33.5 Å². The normalized spacial score (nSPS) is 12.1. The molecule has 2 aromatic heterocycles. The Kier molecular flexibility index (Phi) is 7.72. The summed E-state index contributed by atoms with van der Waals surface area (Å²) in [7, 11) is 0.447. The van der Waals surface area contributed by atoms with E-state index in [9.17, 15) is 13.2 Å². The lowest BCUT2D eigenvalue weighted by Gasteiger charge is -2.18. The second-order valence-electron chi connectivity index (χ2n) is 8.42. The van der Waals surface area contributed by atoms with Crippen LogP contribution in [0.15, 0.2) is 54.9 Å². The van der Waals surface area contributed by atoms with Gasteiger partial charge < -0.3 is 14.2 Å². The van der Waals surface area contributed by atoms with Crippen molar-refractivity contribution in [1.29, 1.82) is 0 Å². The standard InChI is InChI=1S/C26H27N5O6S/c1-16-13-27-25(28-14-16)24(32)17(2)38(33,34)15-22-29-30-26(18-8-6-9-19(12-18)35-3)31(22)23-20(36-4)10-7-11-21(23)37-5/h6-14,17H,15H2,1-5H3/t17-/m1/s1. The van der Waals surface area contributed by atoms with Crippen molar-refractivity contribution in [3.8, 4) is 34.3 Å². The molecule has 0 amide bonds. The molecule has 0 radical (unpaired) electrons. The molecule has 0 saturated carbocycles. The molecule has 4 rings (SSSR count). The lowest BCUT2D eigenvalue weighted by atomic mass is 10.2. The number of aryl methyl sites for hydroxylation is 1. The van der Waals surface area contributed by atoms with E-state index in [0.29, 0.717) is 34.3 Å². The fourth-order valence-electron chi connectivity index (χ4n) is 3.82. The number of rotatable bonds is 10. The van der Waals surface area contributed by atoms with Gasteiger partial charge in [-0.25, -0.2) is 18.4 Å². The summed E-state index contributed by atoms with van der Waals surface area (Å²) in [5.74, 6) is 0.316. The van der Waals surface area contributed by atoms with E-state index in [-0.39, 0.29) is 11.6 Å². The Labute approximate surface area is 220 Å². The summed E-state index contributed by atoms with van der Waals surface area (Å²) in [5.41, 5.74) is 1.78. The molecule has 4 aromatic rings. The van der Waals surface area contributed by atoms with Crippen molar-refractivity contribution in [1.82, 2.24) is 24.7 Å². The summed E-state index contributed by atoms with van der Waals surface area (Å²) in [6, 6.07) is 12.3. The second kappa shape index (κ2) is 11.0. The molecule has 198 valence electrons. The van der Waals surface area contributed by atoms with Gasteiger partial charge in [-0.15, -0.1) is 10.2 Å². The van der Waals surface area contributed by atoms with Crippen LogP contribution < -0.4 is 14.2 Å². The van der Waals surface area contributed by atoms with Crippen LogP contribution in [0, 0.1) is 6.92 Å². The van der Waals surface area contributed by atoms with Gasteiger partial charge in [-0.2, -0.15) is 0 Å². The molecule has 12 heteroatoms. The average Bonchev–Trinajstić information content (AvgIpc) is 3.34. The number of Topliss-reactive ketones (excluding diaryl/α,β-unsaturated/α-hetero) is 1. The highest BCUT2D eigenvalue weighted by Gasteiger charge is 2.34. The average molecular weight is 538 g/mol. The van der Waals surface area contributed by atoms with E-state index in [2.05, 4.69) is 20.2 Å². The molecular weight excluding hydrogens is 510 g/mol. The topological polar surface area (TPSA) is 135 Å². The summed E-state index contributed by atoms with van der Waals surface area (Å²) >= 11 is 0. The van der Waals surface area contributed by atoms with Gasteiger partial charge in [0.05, 0.1) is 21.3 Å². The van der Waals surface area contributed by atoms with Crippen LogP contribution in [0.25, 0.3) is 17.1 Å². The highest BCUT2D eigenvalue weighted by Crippen LogP contribution is 2.37. The molecular formula is C26H27N5O6S. The maximum Gasteiger partial charge on any atom is 0.217 e. The van der Waals surface area contributed by atoms with E-state index < -0.39 is 26.6 Å². The Balaban J connectivity index is 1.85. The largest absolute Gasteiger partial charge is 0.497 e. The smallest absolute Gasteiger partial charge is 0.217 e. The van der Waals surface area contributed by atoms with E-state index >= 15 is 0 Å². The summed E-state index contributed by atoms with van der Waals surface area (Å²) < 4.78 is 45.0. The van der Waals surface area contributed by atoms with Crippen molar-refractivity contribution in [2.75, 3.05) is 21.3 Å². The quantitative estimate of drug-likeness (QED) is 0.277. The van der Waals surface area contributed by atoms with E-state index in [0.717, 1.165) is 5.56 Å². The predicted molar refractivity (Wildman–Crippen MR) is 140 cm³/mol. The van der Waals surface area contributed by atoms with Crippen LogP contribution in [0.4, 0.5) is 0 Å². The Morgan fingerprint density at radius 1 is 0.947 bits per heavy atom. The summed E-state index contributed by atoms with van der Waals surface area (Å²) in [5, 5.41) is 7.12. The molecule has 11 nitrogen and oxygen atoms in total. The minimum atomic E-state index is -4.08. The zero-order valence-electron chi connectivity index (χ0n) is 21.6. The Morgan fingerprint density at radius 2 is 1.58 bits per heavy atom. The number of carbonyl (C=O) groups is 1. The first kappa shape index (κ1) is 26.7. The van der Waals surface area contributed by atoms with Crippen LogP contribution in [0.5, 0.6) is 17.2 Å². The minimum absolute atomic E-state index is 0.0649. The molecule has 0 fully saturated rings. The maximum atomic E-state index is 13.5. The summed E-state index contributed by atoms with van der Waals surface area (Å²) in [6.45, 7) is 3.08. The molecule has 0 saturated heterocycles. The molecule has 0 unspecified atom stereocenters. The Bertz CT molecular complexity index is 1550. The molecule has 2 heterocycles. The zero-order chi connectivity index (χ0) is 27.4. The van der Waals surface area contributed by atoms with Crippen LogP contribution in [0.3, 0.4) is 0 Å². The number of hydrogen-bond acceptors (Lipinski definition) is 10. The maximum absolute atomic E-state index is 13.5. The Hall–Kier alpha value is -4.32. The van der Waals surface area contributed by atoms with E-state index in [1.54, 1.807) is 61.1 Å². The van der Waals surface area contributed by atoms with Gasteiger partial charge in [0.15, 0.2) is 27.3 Å². The van der Waals surface area contributed by atoms with Crippen LogP contribution in [-0.2, 0) is 15.6 Å². The number of aromatic nitrogens is 5. The zero-order valence-corrected chi connectivity index (χ0v) is 22.4. The van der Waals surface area contributed by atoms with Crippen molar-refractivity contribution in [3.63, 3.8) is 0 Å². The second-order valence-corrected chi connectivity index (χ2v) is 10.7. The van der Waals surface area contributed by atoms with Crippen LogP contribution in [-0.4, -0.2) is 65.5 Å². The van der Waals surface area contributed by atoms with Gasteiger partial charge in [-0.1, -0.05) is 18.2 Å². The van der Waals surface area contributed by atoms with E-state index in [4.69, 9.17) is 14.2 Å². The van der Waals surface area contributed by atoms with Gasteiger partial charge in [0.1, 0.15) is 33.9 Å². The van der Waals surface area contributed by atoms with Crippen LogP contribution in [0.2, 0.25) is 0 Å². The fourth-order valence-corrected chi connectivity index (χ4v) is 5.04. The number of carbonyl (C=O) groups excluding carboxylic acids is 1. The molecule has 0 N–H and O–H groups in total. The Morgan fingerprint density at radius 3 is 2.18 bits per heavy atom. The highest BCUT2D eigenvalue weighted by molar-refractivity contribution is 7.92. The van der Waals surface area contributed by atoms with Gasteiger partial charge >= 0.3 is 0 Å². The molecule has 0 spiro atoms. The van der Waals surface area contributed by atoms with Gasteiger partial charge in [-0.05, 0) is 43.7 Å². The number of methoxy groups -OCH3 is 3. The van der Waals surface area contributed by atoms with Gasteiger partial charge in [0.25, 0.3) is 0 Å². The third kappa shape index (κ3) is 5.21. The predicted octanol–water partition coefficient (Wildman–Crippen LogP) is 3.24. The molecule has 0 bridgehead atoms. The molecule has 0 aliphatic rings. The number of benzene rings is 2. The number of ether oxygens (including phenoxy) is 3. The first-order valence-corrected chi connectivity index (χ1v) is 13.3. The number of hydrogen-bond donors (Lipinski definition) is 0. The van der Waals surface area contributed by atoms with Crippen LogP contribution in [0.1, 0.15) is 28.9 Å². The molecule has 2 aromatic carbocycles. The van der Waals surface area contributed by atoms with Crippen molar-refractivity contribution in [2.45, 2.75) is 24.9 Å². The monoisotopic (exact) mass is 537 g/mol. The number of nitrogens with zero attached hydrogens (tertiary/aromatic N) is 5. The third-order valence-corrected chi connectivity index (χ3v) is 7.87. The van der Waals surface area contributed by atoms with Gasteiger partial charge in [0, 0.05) is 18.0 Å². The van der Waals surface area contributed by atoms with Crippen molar-refractivity contribution >= 4 is 15.6 Å². The first-order valence-electron chi connectivity index (χ1n) is 11.5. The lowest BCUT2D eigenvalue weighted by molar-refractivity contribution is 0.0981. The highest BCUT2D eigenvalue weighted by atomic mass is 32.2. The lowest BCUT2D eigenvalue weighted by Crippen LogP contribution is -2.30. The van der Waals surface area contributed by atoms with Crippen molar-refractivity contribution in [3.05, 3.63) is 72.1 Å². The molecule has 0 aliphatic carbocycles. The first-order chi connectivity index (χ1) is 18.2. The van der Waals surface area contributed by atoms with Crippen LogP contribution >= 0.6 is 0 Å². The third-order valence-electron chi connectivity index (χ3n) is 5.92. The fraction of sp³-hybridized carbons (Fsp3) is 0.269. The number of para-hydroxylation sites is 1. The van der Waals surface area contributed by atoms with Crippen molar-refractivity contribution < 1.29 is 27.4 Å². The van der Waals surface area contributed by atoms with E-state index in [1.807, 2.05) is 0 Å². The molecule has 0 aliphatic heterocycles. The summed E-state index contributed by atoms with van der Waals surface area (Å²) in [4.78, 5) is 20.9. The minimum Gasteiger partial charge on any atom is -0.497 e. The summed E-state index contributed by atoms with van der Waals surface area (Å²) in [6.07, 6.45) is 2.93. The SMILES string of the molecule is COc1cccc(-c2nnc(CS(=O)(=O)[C@H](C)C(=O)c3ncc(C)cn3)n2-c2c(OC)cccc2OC)c1.